The maximum atomic E-state index is 13.1. The normalized spacial score (nSPS) is 11.2. The summed E-state index contributed by atoms with van der Waals surface area (Å²) in [7, 11) is -2.93. The molecule has 4 nitrogen and oxygen atoms in total. The zero-order chi connectivity index (χ0) is 13.6. The number of hydrogen-bond donors (Lipinski definition) is 1. The van der Waals surface area contributed by atoms with Crippen molar-refractivity contribution in [3.8, 4) is 6.07 Å². The SMILES string of the molecule is CS(=O)(=O)CCCNCc1cc(F)cc(C#N)c1. The van der Waals surface area contributed by atoms with Crippen LogP contribution >= 0.6 is 0 Å². The van der Waals surface area contributed by atoms with Crippen LogP contribution in [-0.2, 0) is 16.4 Å². The van der Waals surface area contributed by atoms with Gasteiger partial charge in [-0.3, -0.25) is 0 Å². The minimum atomic E-state index is -2.93. The Bertz CT molecular complexity index is 550. The third-order valence-corrected chi connectivity index (χ3v) is 3.31. The van der Waals surface area contributed by atoms with Crippen LogP contribution in [0.15, 0.2) is 18.2 Å². The monoisotopic (exact) mass is 270 g/mol. The van der Waals surface area contributed by atoms with Crippen molar-refractivity contribution in [1.29, 1.82) is 5.26 Å². The number of rotatable bonds is 6. The largest absolute Gasteiger partial charge is 0.313 e. The molecule has 0 fully saturated rings. The van der Waals surface area contributed by atoms with Gasteiger partial charge in [-0.1, -0.05) is 0 Å². The first kappa shape index (κ1) is 14.6. The fraction of sp³-hybridized carbons (Fsp3) is 0.417. The molecule has 0 aliphatic carbocycles. The third-order valence-electron chi connectivity index (χ3n) is 2.28. The van der Waals surface area contributed by atoms with Gasteiger partial charge >= 0.3 is 0 Å². The van der Waals surface area contributed by atoms with Crippen molar-refractivity contribution < 1.29 is 12.8 Å². The second-order valence-electron chi connectivity index (χ2n) is 4.12. The highest BCUT2D eigenvalue weighted by Gasteiger charge is 2.02. The molecular weight excluding hydrogens is 255 g/mol. The Labute approximate surface area is 106 Å². The Morgan fingerprint density at radius 2 is 2.11 bits per heavy atom. The fourth-order valence-corrected chi connectivity index (χ4v) is 2.18. The molecule has 0 aliphatic rings. The molecule has 1 rings (SSSR count). The Balaban J connectivity index is 2.40. The molecule has 0 unspecified atom stereocenters. The van der Waals surface area contributed by atoms with Gasteiger partial charge in [0.25, 0.3) is 0 Å². The maximum Gasteiger partial charge on any atom is 0.147 e. The zero-order valence-electron chi connectivity index (χ0n) is 10.1. The predicted octanol–water partition coefficient (Wildman–Crippen LogP) is 1.22. The van der Waals surface area contributed by atoms with Gasteiger partial charge in [-0.05, 0) is 36.7 Å². The van der Waals surface area contributed by atoms with Crippen LogP contribution in [0, 0.1) is 17.1 Å². The van der Waals surface area contributed by atoms with E-state index in [1.165, 1.54) is 18.4 Å². The summed E-state index contributed by atoms with van der Waals surface area (Å²) >= 11 is 0. The predicted molar refractivity (Wildman–Crippen MR) is 67.1 cm³/mol. The van der Waals surface area contributed by atoms with Crippen LogP contribution in [-0.4, -0.2) is 27.0 Å². The Hall–Kier alpha value is -1.45. The van der Waals surface area contributed by atoms with Gasteiger partial charge in [-0.25, -0.2) is 12.8 Å². The molecule has 0 spiro atoms. The van der Waals surface area contributed by atoms with Gasteiger partial charge in [0.15, 0.2) is 0 Å². The van der Waals surface area contributed by atoms with E-state index < -0.39 is 15.7 Å². The number of nitrogens with one attached hydrogen (secondary N) is 1. The number of halogens is 1. The molecule has 1 aromatic rings. The van der Waals surface area contributed by atoms with E-state index >= 15 is 0 Å². The van der Waals surface area contributed by atoms with Crippen molar-refractivity contribution >= 4 is 9.84 Å². The molecule has 1 N–H and O–H groups in total. The molecule has 0 amide bonds. The first-order chi connectivity index (χ1) is 8.40. The maximum absolute atomic E-state index is 13.1. The standard InChI is InChI=1S/C12H15FN2O2S/c1-18(16,17)4-2-3-15-9-11-5-10(8-14)6-12(13)7-11/h5-7,15H,2-4,9H2,1H3. The number of benzene rings is 1. The molecular formula is C12H15FN2O2S. The van der Waals surface area contributed by atoms with E-state index in [1.54, 1.807) is 6.07 Å². The van der Waals surface area contributed by atoms with E-state index in [0.29, 0.717) is 25.1 Å². The van der Waals surface area contributed by atoms with Crippen molar-refractivity contribution in [3.63, 3.8) is 0 Å². The lowest BCUT2D eigenvalue weighted by Crippen LogP contribution is -2.18. The van der Waals surface area contributed by atoms with Crippen molar-refractivity contribution in [1.82, 2.24) is 5.32 Å². The second kappa shape index (κ2) is 6.47. The van der Waals surface area contributed by atoms with E-state index in [0.717, 1.165) is 0 Å². The van der Waals surface area contributed by atoms with Crippen molar-refractivity contribution in [2.24, 2.45) is 0 Å². The molecule has 0 saturated heterocycles. The number of nitrogens with zero attached hydrogens (tertiary/aromatic N) is 1. The van der Waals surface area contributed by atoms with Gasteiger partial charge in [0, 0.05) is 12.8 Å². The molecule has 0 aliphatic heterocycles. The van der Waals surface area contributed by atoms with Gasteiger partial charge in [-0.15, -0.1) is 0 Å². The summed E-state index contributed by atoms with van der Waals surface area (Å²) in [5, 5.41) is 11.7. The molecule has 0 bridgehead atoms. The Kier molecular flexibility index (Phi) is 5.25. The van der Waals surface area contributed by atoms with Gasteiger partial charge < -0.3 is 5.32 Å². The highest BCUT2D eigenvalue weighted by Crippen LogP contribution is 2.08. The first-order valence-corrected chi connectivity index (χ1v) is 7.55. The summed E-state index contributed by atoms with van der Waals surface area (Å²) in [4.78, 5) is 0. The van der Waals surface area contributed by atoms with Crippen molar-refractivity contribution in [2.75, 3.05) is 18.6 Å². The van der Waals surface area contributed by atoms with Crippen molar-refractivity contribution in [3.05, 3.63) is 35.1 Å². The van der Waals surface area contributed by atoms with Crippen LogP contribution in [0.5, 0.6) is 0 Å². The fourth-order valence-electron chi connectivity index (χ4n) is 1.51. The number of nitriles is 1. The average Bonchev–Trinajstić information content (AvgIpc) is 2.26. The lowest BCUT2D eigenvalue weighted by atomic mass is 10.1. The highest BCUT2D eigenvalue weighted by molar-refractivity contribution is 7.90. The van der Waals surface area contributed by atoms with Crippen LogP contribution < -0.4 is 5.32 Å². The van der Waals surface area contributed by atoms with Crippen LogP contribution in [0.1, 0.15) is 17.5 Å². The van der Waals surface area contributed by atoms with E-state index in [4.69, 9.17) is 5.26 Å². The average molecular weight is 270 g/mol. The topological polar surface area (TPSA) is 70.0 Å². The number of sulfone groups is 1. The van der Waals surface area contributed by atoms with E-state index in [2.05, 4.69) is 5.32 Å². The minimum absolute atomic E-state index is 0.132. The summed E-state index contributed by atoms with van der Waals surface area (Å²) in [5.41, 5.74) is 0.953. The summed E-state index contributed by atoms with van der Waals surface area (Å²) < 4.78 is 34.8. The third kappa shape index (κ3) is 5.75. The minimum Gasteiger partial charge on any atom is -0.313 e. The van der Waals surface area contributed by atoms with E-state index in [-0.39, 0.29) is 11.3 Å². The highest BCUT2D eigenvalue weighted by atomic mass is 32.2. The summed E-state index contributed by atoms with van der Waals surface area (Å²) in [6.45, 7) is 0.946. The Morgan fingerprint density at radius 3 is 2.72 bits per heavy atom. The molecule has 1 aromatic carbocycles. The molecule has 0 radical (unpaired) electrons. The second-order valence-corrected chi connectivity index (χ2v) is 6.38. The molecule has 98 valence electrons. The van der Waals surface area contributed by atoms with Gasteiger partial charge in [-0.2, -0.15) is 5.26 Å². The summed E-state index contributed by atoms with van der Waals surface area (Å²) in [5.74, 6) is -0.311. The lowest BCUT2D eigenvalue weighted by molar-refractivity contribution is 0.593. The van der Waals surface area contributed by atoms with Crippen LogP contribution in [0.25, 0.3) is 0 Å². The molecule has 0 atom stereocenters. The van der Waals surface area contributed by atoms with Gasteiger partial charge in [0.1, 0.15) is 15.7 Å². The van der Waals surface area contributed by atoms with E-state index in [9.17, 15) is 12.8 Å². The molecule has 0 saturated carbocycles. The van der Waals surface area contributed by atoms with E-state index in [1.807, 2.05) is 6.07 Å². The van der Waals surface area contributed by atoms with Gasteiger partial charge in [0.2, 0.25) is 0 Å². The van der Waals surface area contributed by atoms with Crippen LogP contribution in [0.3, 0.4) is 0 Å². The molecule has 0 aromatic heterocycles. The summed E-state index contributed by atoms with van der Waals surface area (Å²) in [6, 6.07) is 6.01. The van der Waals surface area contributed by atoms with Crippen LogP contribution in [0.4, 0.5) is 4.39 Å². The molecule has 6 heteroatoms. The molecule has 0 heterocycles. The lowest BCUT2D eigenvalue weighted by Gasteiger charge is -2.05. The Morgan fingerprint density at radius 1 is 1.39 bits per heavy atom. The first-order valence-electron chi connectivity index (χ1n) is 5.49. The zero-order valence-corrected chi connectivity index (χ0v) is 10.9. The van der Waals surface area contributed by atoms with Crippen LogP contribution in [0.2, 0.25) is 0 Å². The quantitative estimate of drug-likeness (QED) is 0.789. The summed E-state index contributed by atoms with van der Waals surface area (Å²) in [6.07, 6.45) is 1.71. The molecule has 18 heavy (non-hydrogen) atoms. The van der Waals surface area contributed by atoms with Crippen molar-refractivity contribution in [2.45, 2.75) is 13.0 Å². The van der Waals surface area contributed by atoms with Gasteiger partial charge in [0.05, 0.1) is 17.4 Å². The number of hydrogen-bond acceptors (Lipinski definition) is 4. The smallest absolute Gasteiger partial charge is 0.147 e.